The first-order valence-electron chi connectivity index (χ1n) is 5.04. The van der Waals surface area contributed by atoms with Gasteiger partial charge >= 0.3 is 0 Å². The Balaban J connectivity index is 3.88. The van der Waals surface area contributed by atoms with E-state index in [1.807, 2.05) is 0 Å². The van der Waals surface area contributed by atoms with Gasteiger partial charge in [0, 0.05) is 0 Å². The first-order chi connectivity index (χ1) is 5.99. The van der Waals surface area contributed by atoms with Crippen LogP contribution in [0.3, 0.4) is 0 Å². The van der Waals surface area contributed by atoms with E-state index in [9.17, 15) is 0 Å². The second-order valence-corrected chi connectivity index (χ2v) is 8.82. The van der Waals surface area contributed by atoms with Crippen LogP contribution in [0.25, 0.3) is 0 Å². The Bertz CT molecular complexity index is 169. The lowest BCUT2D eigenvalue weighted by Crippen LogP contribution is -2.31. The number of unbranched alkanes of at least 4 members (excludes halogenated alkanes) is 1. The van der Waals surface area contributed by atoms with Crippen LogP contribution >= 0.6 is 0 Å². The normalized spacial score (nSPS) is 13.8. The maximum absolute atomic E-state index is 8.62. The van der Waals surface area contributed by atoms with Crippen molar-refractivity contribution in [3.8, 4) is 6.07 Å². The quantitative estimate of drug-likeness (QED) is 0.615. The molecule has 0 aliphatic carbocycles. The van der Waals surface area contributed by atoms with Crippen LogP contribution in [0.2, 0.25) is 19.6 Å². The van der Waals surface area contributed by atoms with Gasteiger partial charge in [-0.25, -0.2) is 0 Å². The second kappa shape index (κ2) is 6.17. The van der Waals surface area contributed by atoms with E-state index in [-0.39, 0.29) is 6.10 Å². The van der Waals surface area contributed by atoms with Gasteiger partial charge in [0.05, 0.1) is 18.6 Å². The zero-order valence-electron chi connectivity index (χ0n) is 9.26. The fraction of sp³-hybridized carbons (Fsp3) is 0.900. The van der Waals surface area contributed by atoms with Gasteiger partial charge in [-0.05, 0) is 26.1 Å². The van der Waals surface area contributed by atoms with Crippen molar-refractivity contribution < 1.29 is 4.43 Å². The number of nitriles is 1. The van der Waals surface area contributed by atoms with Gasteiger partial charge in [0.2, 0.25) is 0 Å². The molecule has 1 unspecified atom stereocenters. The van der Waals surface area contributed by atoms with Crippen molar-refractivity contribution in [2.45, 2.75) is 58.4 Å². The molecular weight excluding hydrogens is 178 g/mol. The standard InChI is InChI=1S/C10H21NOSi/c1-5-6-7-10(8-9-11)12-13(2,3)4/h10H,5-8H2,1-4H3. The highest BCUT2D eigenvalue weighted by Crippen LogP contribution is 2.14. The van der Waals surface area contributed by atoms with Crippen molar-refractivity contribution >= 4 is 8.32 Å². The summed E-state index contributed by atoms with van der Waals surface area (Å²) in [5.41, 5.74) is 0. The van der Waals surface area contributed by atoms with E-state index in [4.69, 9.17) is 9.69 Å². The van der Waals surface area contributed by atoms with Crippen LogP contribution in [0.5, 0.6) is 0 Å². The molecule has 0 saturated carbocycles. The molecular formula is C10H21NOSi. The minimum atomic E-state index is -1.46. The molecule has 0 N–H and O–H groups in total. The van der Waals surface area contributed by atoms with E-state index >= 15 is 0 Å². The molecule has 3 heteroatoms. The molecule has 0 aromatic rings. The van der Waals surface area contributed by atoms with Crippen molar-refractivity contribution in [2.75, 3.05) is 0 Å². The third-order valence-electron chi connectivity index (χ3n) is 1.72. The van der Waals surface area contributed by atoms with Crippen molar-refractivity contribution in [1.29, 1.82) is 5.26 Å². The highest BCUT2D eigenvalue weighted by molar-refractivity contribution is 6.69. The van der Waals surface area contributed by atoms with Gasteiger partial charge in [0.25, 0.3) is 0 Å². The van der Waals surface area contributed by atoms with Gasteiger partial charge in [-0.15, -0.1) is 0 Å². The predicted molar refractivity (Wildman–Crippen MR) is 58.0 cm³/mol. The SMILES string of the molecule is CCCCC(CC#N)O[Si](C)(C)C. The van der Waals surface area contributed by atoms with Crippen molar-refractivity contribution in [3.05, 3.63) is 0 Å². The van der Waals surface area contributed by atoms with Gasteiger partial charge in [-0.1, -0.05) is 19.8 Å². The van der Waals surface area contributed by atoms with Gasteiger partial charge in [-0.3, -0.25) is 0 Å². The summed E-state index contributed by atoms with van der Waals surface area (Å²) in [6.45, 7) is 8.67. The largest absolute Gasteiger partial charge is 0.414 e. The molecule has 13 heavy (non-hydrogen) atoms. The van der Waals surface area contributed by atoms with Crippen LogP contribution in [0, 0.1) is 11.3 Å². The molecule has 0 radical (unpaired) electrons. The average molecular weight is 199 g/mol. The lowest BCUT2D eigenvalue weighted by atomic mass is 10.1. The highest BCUT2D eigenvalue weighted by Gasteiger charge is 2.20. The van der Waals surface area contributed by atoms with Gasteiger partial charge in [-0.2, -0.15) is 5.26 Å². The molecule has 0 rings (SSSR count). The first-order valence-corrected chi connectivity index (χ1v) is 8.45. The van der Waals surface area contributed by atoms with E-state index in [0.717, 1.165) is 12.8 Å². The predicted octanol–water partition coefficient (Wildman–Crippen LogP) is 3.31. The zero-order chi connectivity index (χ0) is 10.3. The van der Waals surface area contributed by atoms with E-state index in [2.05, 4.69) is 32.6 Å². The Hall–Kier alpha value is -0.333. The maximum Gasteiger partial charge on any atom is 0.184 e. The summed E-state index contributed by atoms with van der Waals surface area (Å²) in [5, 5.41) is 8.62. The Morgan fingerprint density at radius 2 is 2.00 bits per heavy atom. The summed E-state index contributed by atoms with van der Waals surface area (Å²) in [6, 6.07) is 2.20. The molecule has 0 fully saturated rings. The third kappa shape index (κ3) is 8.01. The molecule has 0 spiro atoms. The summed E-state index contributed by atoms with van der Waals surface area (Å²) in [7, 11) is -1.46. The van der Waals surface area contributed by atoms with Crippen LogP contribution in [-0.4, -0.2) is 14.4 Å². The lowest BCUT2D eigenvalue weighted by molar-refractivity contribution is 0.185. The minimum absolute atomic E-state index is 0.177. The highest BCUT2D eigenvalue weighted by atomic mass is 28.4. The summed E-state index contributed by atoms with van der Waals surface area (Å²) in [6.07, 6.45) is 4.10. The lowest BCUT2D eigenvalue weighted by Gasteiger charge is -2.24. The Labute approximate surface area is 83.0 Å². The minimum Gasteiger partial charge on any atom is -0.414 e. The fourth-order valence-electron chi connectivity index (χ4n) is 1.24. The summed E-state index contributed by atoms with van der Waals surface area (Å²) in [4.78, 5) is 0. The third-order valence-corrected chi connectivity index (χ3v) is 2.76. The van der Waals surface area contributed by atoms with Crippen molar-refractivity contribution in [3.63, 3.8) is 0 Å². The zero-order valence-corrected chi connectivity index (χ0v) is 10.3. The number of hydrogen-bond acceptors (Lipinski definition) is 2. The topological polar surface area (TPSA) is 33.0 Å². The molecule has 1 atom stereocenters. The number of rotatable bonds is 6. The number of hydrogen-bond donors (Lipinski definition) is 0. The molecule has 2 nitrogen and oxygen atoms in total. The smallest absolute Gasteiger partial charge is 0.184 e. The molecule has 0 aromatic heterocycles. The van der Waals surface area contributed by atoms with E-state index in [1.165, 1.54) is 6.42 Å². The Kier molecular flexibility index (Phi) is 6.01. The monoisotopic (exact) mass is 199 g/mol. The van der Waals surface area contributed by atoms with Gasteiger partial charge in [0.1, 0.15) is 0 Å². The molecule has 0 saturated heterocycles. The van der Waals surface area contributed by atoms with Crippen LogP contribution < -0.4 is 0 Å². The number of nitrogens with zero attached hydrogens (tertiary/aromatic N) is 1. The van der Waals surface area contributed by atoms with Crippen LogP contribution in [0.4, 0.5) is 0 Å². The Morgan fingerprint density at radius 1 is 1.38 bits per heavy atom. The fourth-order valence-corrected chi connectivity index (χ4v) is 2.44. The molecule has 0 aromatic carbocycles. The summed E-state index contributed by atoms with van der Waals surface area (Å²) in [5.74, 6) is 0. The van der Waals surface area contributed by atoms with E-state index < -0.39 is 8.32 Å². The van der Waals surface area contributed by atoms with Crippen LogP contribution in [0.15, 0.2) is 0 Å². The van der Waals surface area contributed by atoms with Gasteiger partial charge in [0.15, 0.2) is 8.32 Å². The van der Waals surface area contributed by atoms with E-state index in [1.54, 1.807) is 0 Å². The molecule has 0 bridgehead atoms. The Morgan fingerprint density at radius 3 is 2.38 bits per heavy atom. The molecule has 76 valence electrons. The second-order valence-electron chi connectivity index (χ2n) is 4.36. The maximum atomic E-state index is 8.62. The average Bonchev–Trinajstić information content (AvgIpc) is 1.98. The van der Waals surface area contributed by atoms with E-state index in [0.29, 0.717) is 6.42 Å². The first kappa shape index (κ1) is 12.7. The van der Waals surface area contributed by atoms with Crippen molar-refractivity contribution in [1.82, 2.24) is 0 Å². The summed E-state index contributed by atoms with van der Waals surface area (Å²) >= 11 is 0. The molecule has 0 aliphatic rings. The molecule has 0 heterocycles. The molecule has 0 amide bonds. The molecule has 0 aliphatic heterocycles. The van der Waals surface area contributed by atoms with Crippen LogP contribution in [0.1, 0.15) is 32.6 Å². The van der Waals surface area contributed by atoms with Crippen LogP contribution in [-0.2, 0) is 4.43 Å². The van der Waals surface area contributed by atoms with Crippen molar-refractivity contribution in [2.24, 2.45) is 0 Å². The van der Waals surface area contributed by atoms with Gasteiger partial charge < -0.3 is 4.43 Å². The summed E-state index contributed by atoms with van der Waals surface area (Å²) < 4.78 is 5.90.